The lowest BCUT2D eigenvalue weighted by Gasteiger charge is -2.34. The normalized spacial score (nSPS) is 18.3. The highest BCUT2D eigenvalue weighted by Crippen LogP contribution is 2.34. The molecule has 4 atom stereocenters. The molecule has 1 aromatic heterocycles. The van der Waals surface area contributed by atoms with Crippen LogP contribution in [0, 0.1) is 5.41 Å². The van der Waals surface area contributed by atoms with Gasteiger partial charge in [-0.05, 0) is 22.1 Å². The average Bonchev–Trinajstić information content (AvgIpc) is 3.59. The quantitative estimate of drug-likeness (QED) is 0.295. The van der Waals surface area contributed by atoms with E-state index in [1.165, 1.54) is 22.8 Å². The molecule has 1 fully saturated rings. The predicted molar refractivity (Wildman–Crippen MR) is 155 cm³/mol. The Morgan fingerprint density at radius 3 is 2.29 bits per heavy atom. The van der Waals surface area contributed by atoms with Gasteiger partial charge in [-0.15, -0.1) is 5.10 Å². The van der Waals surface area contributed by atoms with Crippen LogP contribution < -0.4 is 16.4 Å². The highest BCUT2D eigenvalue weighted by Gasteiger charge is 2.45. The third-order valence-corrected chi connectivity index (χ3v) is 7.31. The minimum atomic E-state index is -1.04. The van der Waals surface area contributed by atoms with Crippen molar-refractivity contribution in [1.29, 1.82) is 0 Å². The topological polar surface area (TPSA) is 173 Å². The number of likely N-dealkylation sites (tertiary alicyclic amines) is 1. The summed E-state index contributed by atoms with van der Waals surface area (Å²) in [7, 11) is 1.46. The summed E-state index contributed by atoms with van der Waals surface area (Å²) < 4.78 is 1.30. The number of primary amides is 1. The third-order valence-electron chi connectivity index (χ3n) is 7.31. The van der Waals surface area contributed by atoms with Crippen LogP contribution >= 0.6 is 0 Å². The van der Waals surface area contributed by atoms with Gasteiger partial charge in [0.05, 0.1) is 12.3 Å². The molecule has 12 nitrogen and oxygen atoms in total. The monoisotopic (exact) mass is 575 g/mol. The van der Waals surface area contributed by atoms with Gasteiger partial charge in [-0.1, -0.05) is 80.6 Å². The number of nitrogens with one attached hydrogen (secondary N) is 2. The number of nitrogens with zero attached hydrogens (tertiary/aromatic N) is 4. The fourth-order valence-corrected chi connectivity index (χ4v) is 5.17. The number of aliphatic hydroxyl groups excluding tert-OH is 1. The summed E-state index contributed by atoms with van der Waals surface area (Å²) in [4.78, 5) is 53.1. The van der Waals surface area contributed by atoms with E-state index >= 15 is 0 Å². The minimum absolute atomic E-state index is 0.00740. The summed E-state index contributed by atoms with van der Waals surface area (Å²) >= 11 is 0. The number of rotatable bonds is 9. The molecule has 1 aliphatic heterocycles. The Kier molecular flexibility index (Phi) is 9.05. The molecule has 222 valence electrons. The molecular formula is C30H37N7O5. The van der Waals surface area contributed by atoms with Gasteiger partial charge in [0.1, 0.15) is 18.1 Å². The number of amides is 4. The maximum absolute atomic E-state index is 13.9. The highest BCUT2D eigenvalue weighted by molar-refractivity contribution is 5.94. The number of carbonyl (C=O) groups excluding carboxylic acids is 4. The Morgan fingerprint density at radius 2 is 1.69 bits per heavy atom. The summed E-state index contributed by atoms with van der Waals surface area (Å²) in [5.74, 6) is -2.24. The van der Waals surface area contributed by atoms with Gasteiger partial charge in [-0.3, -0.25) is 19.2 Å². The second kappa shape index (κ2) is 12.5. The second-order valence-electron chi connectivity index (χ2n) is 11.6. The van der Waals surface area contributed by atoms with Gasteiger partial charge in [0, 0.05) is 26.4 Å². The molecule has 1 unspecified atom stereocenters. The number of aliphatic hydroxyl groups is 1. The lowest BCUT2D eigenvalue weighted by atomic mass is 9.85. The predicted octanol–water partition coefficient (Wildman–Crippen LogP) is 1.07. The molecule has 0 saturated carbocycles. The van der Waals surface area contributed by atoms with E-state index < -0.39 is 53.3 Å². The van der Waals surface area contributed by atoms with Gasteiger partial charge in [-0.25, -0.2) is 4.68 Å². The lowest BCUT2D eigenvalue weighted by molar-refractivity contribution is -0.144. The number of carbonyl (C=O) groups is 4. The Morgan fingerprint density at radius 1 is 1.05 bits per heavy atom. The van der Waals surface area contributed by atoms with E-state index in [1.807, 2.05) is 75.4 Å². The fraction of sp³-hybridized carbons (Fsp3) is 0.400. The molecule has 0 bridgehead atoms. The van der Waals surface area contributed by atoms with E-state index in [9.17, 15) is 24.3 Å². The van der Waals surface area contributed by atoms with Crippen LogP contribution in [0.1, 0.15) is 49.3 Å². The number of hydrogen-bond acceptors (Lipinski definition) is 7. The first-order chi connectivity index (χ1) is 19.9. The molecule has 0 aliphatic carbocycles. The summed E-state index contributed by atoms with van der Waals surface area (Å²) in [5, 5.41) is 23.5. The molecule has 4 amide bonds. The van der Waals surface area contributed by atoms with Crippen LogP contribution in [0.3, 0.4) is 0 Å². The van der Waals surface area contributed by atoms with Crippen LogP contribution in [0.15, 0.2) is 60.8 Å². The van der Waals surface area contributed by atoms with Gasteiger partial charge < -0.3 is 26.4 Å². The average molecular weight is 576 g/mol. The van der Waals surface area contributed by atoms with Crippen molar-refractivity contribution in [3.63, 3.8) is 0 Å². The Labute approximate surface area is 244 Å². The van der Waals surface area contributed by atoms with Crippen LogP contribution in [0.2, 0.25) is 0 Å². The highest BCUT2D eigenvalue weighted by atomic mass is 16.3. The molecule has 4 rings (SSSR count). The lowest BCUT2D eigenvalue weighted by Crippen LogP contribution is -2.54. The Balaban J connectivity index is 1.51. The van der Waals surface area contributed by atoms with Gasteiger partial charge >= 0.3 is 0 Å². The first-order valence-electron chi connectivity index (χ1n) is 13.8. The van der Waals surface area contributed by atoms with Crippen molar-refractivity contribution in [3.8, 4) is 11.1 Å². The summed E-state index contributed by atoms with van der Waals surface area (Å²) in [6.07, 6.45) is 0.582. The van der Waals surface area contributed by atoms with Gasteiger partial charge in [0.2, 0.25) is 17.7 Å². The zero-order valence-electron chi connectivity index (χ0n) is 24.2. The van der Waals surface area contributed by atoms with Gasteiger partial charge in [-0.2, -0.15) is 0 Å². The van der Waals surface area contributed by atoms with Gasteiger partial charge in [0.15, 0.2) is 5.69 Å². The van der Waals surface area contributed by atoms with Crippen LogP contribution in [0.5, 0.6) is 0 Å². The fourth-order valence-electron chi connectivity index (χ4n) is 5.17. The maximum atomic E-state index is 13.9. The molecule has 5 N–H and O–H groups in total. The van der Waals surface area contributed by atoms with E-state index in [0.717, 1.165) is 16.7 Å². The molecule has 3 aromatic rings. The molecule has 0 spiro atoms. The molecule has 12 heteroatoms. The smallest absolute Gasteiger partial charge is 0.273 e. The van der Waals surface area contributed by atoms with E-state index in [2.05, 4.69) is 20.9 Å². The molecular weight excluding hydrogens is 538 g/mol. The van der Waals surface area contributed by atoms with Crippen LogP contribution in [-0.2, 0) is 20.8 Å². The first-order valence-corrected chi connectivity index (χ1v) is 13.8. The van der Waals surface area contributed by atoms with Crippen LogP contribution in [0.25, 0.3) is 11.1 Å². The van der Waals surface area contributed by atoms with E-state index in [4.69, 9.17) is 5.73 Å². The van der Waals surface area contributed by atoms with Crippen molar-refractivity contribution in [2.24, 2.45) is 11.1 Å². The van der Waals surface area contributed by atoms with Crippen LogP contribution in [0.4, 0.5) is 0 Å². The number of β-amino-alcohol motifs (C(OH)–C–C–N with tert-alkyl or cyclic N) is 1. The standard InChI is InChI=1S/C30H37N7O5/c1-30(2,3)25(37-17-23(34-35-37)27(40)32-4)29(42)36-16-21(38)15-24(36)28(41)33-22(26(31)39)14-18-10-12-20(13-11-18)19-8-6-5-7-9-19/h5-13,17,21-22,24-25,38H,14-16H2,1-4H3,(H2,31,39)(H,32,40)(H,33,41)/t21-,22-,24+,25?/m1/s1. The van der Waals surface area contributed by atoms with Crippen molar-refractivity contribution in [1.82, 2.24) is 30.5 Å². The van der Waals surface area contributed by atoms with Crippen molar-refractivity contribution in [2.45, 2.75) is 57.8 Å². The molecule has 2 heterocycles. The minimum Gasteiger partial charge on any atom is -0.391 e. The first kappa shape index (κ1) is 30.4. The number of nitrogens with two attached hydrogens (primary N) is 1. The molecule has 42 heavy (non-hydrogen) atoms. The number of aromatic nitrogens is 3. The second-order valence-corrected chi connectivity index (χ2v) is 11.6. The molecule has 0 radical (unpaired) electrons. The van der Waals surface area contributed by atoms with Crippen molar-refractivity contribution in [3.05, 3.63) is 72.1 Å². The number of hydrogen-bond donors (Lipinski definition) is 4. The maximum Gasteiger partial charge on any atom is 0.273 e. The van der Waals surface area contributed by atoms with Crippen LogP contribution in [-0.4, -0.2) is 80.4 Å². The van der Waals surface area contributed by atoms with Gasteiger partial charge in [0.25, 0.3) is 5.91 Å². The number of benzene rings is 2. The molecule has 2 aromatic carbocycles. The van der Waals surface area contributed by atoms with Crippen molar-refractivity contribution < 1.29 is 24.3 Å². The zero-order chi connectivity index (χ0) is 30.6. The third kappa shape index (κ3) is 6.82. The SMILES string of the molecule is CNC(=O)c1cn(C(C(=O)N2C[C@H](O)C[C@H]2C(=O)N[C@H](Cc2ccc(-c3ccccc3)cc2)C(N)=O)C(C)(C)C)nn1. The molecule has 1 saturated heterocycles. The zero-order valence-corrected chi connectivity index (χ0v) is 24.2. The van der Waals surface area contributed by atoms with Crippen molar-refractivity contribution in [2.75, 3.05) is 13.6 Å². The van der Waals surface area contributed by atoms with E-state index in [-0.39, 0.29) is 25.1 Å². The molecule has 1 aliphatic rings. The largest absolute Gasteiger partial charge is 0.391 e. The summed E-state index contributed by atoms with van der Waals surface area (Å²) in [6.45, 7) is 5.39. The van der Waals surface area contributed by atoms with E-state index in [1.54, 1.807) is 0 Å². The Bertz CT molecular complexity index is 1430. The Hall–Kier alpha value is -4.58. The van der Waals surface area contributed by atoms with E-state index in [0.29, 0.717) is 0 Å². The van der Waals surface area contributed by atoms with Crippen molar-refractivity contribution >= 4 is 23.6 Å². The summed E-state index contributed by atoms with van der Waals surface area (Å²) in [6, 6.07) is 14.5. The summed E-state index contributed by atoms with van der Waals surface area (Å²) in [5.41, 5.74) is 7.86.